The molecule has 1 N–H and O–H groups in total. The van der Waals surface area contributed by atoms with Crippen LogP contribution >= 0.6 is 11.3 Å². The molecule has 2 nitrogen and oxygen atoms in total. The highest BCUT2D eigenvalue weighted by Gasteiger charge is 2.30. The summed E-state index contributed by atoms with van der Waals surface area (Å²) >= 11 is 1.85. The van der Waals surface area contributed by atoms with E-state index in [4.69, 9.17) is 0 Å². The molecule has 0 bridgehead atoms. The molecule has 100 valence electrons. The molecule has 1 aliphatic carbocycles. The van der Waals surface area contributed by atoms with Gasteiger partial charge in [-0.1, -0.05) is 24.3 Å². The summed E-state index contributed by atoms with van der Waals surface area (Å²) in [4.78, 5) is 4.03. The second kappa shape index (κ2) is 5.76. The smallest absolute Gasteiger partial charge is 0.0526 e. The van der Waals surface area contributed by atoms with Gasteiger partial charge in [0.15, 0.2) is 0 Å². The van der Waals surface area contributed by atoms with Crippen LogP contribution in [0.4, 0.5) is 5.69 Å². The topological polar surface area (TPSA) is 15.3 Å². The lowest BCUT2D eigenvalue weighted by molar-refractivity contribution is 0.770. The number of hydrogen-bond donors (Lipinski definition) is 1. The van der Waals surface area contributed by atoms with E-state index in [0.29, 0.717) is 0 Å². The van der Waals surface area contributed by atoms with Crippen LogP contribution in [0.5, 0.6) is 0 Å². The predicted molar refractivity (Wildman–Crippen MR) is 82.7 cm³/mol. The molecule has 1 fully saturated rings. The minimum absolute atomic E-state index is 0.736. The SMILES string of the molecule is CNCc1ccccc1N(Cc1cccs1)C1CC1. The first-order chi connectivity index (χ1) is 9.38. The van der Waals surface area contributed by atoms with E-state index in [-0.39, 0.29) is 0 Å². The largest absolute Gasteiger partial charge is 0.363 e. The number of nitrogens with one attached hydrogen (secondary N) is 1. The van der Waals surface area contributed by atoms with Crippen molar-refractivity contribution in [2.75, 3.05) is 11.9 Å². The lowest BCUT2D eigenvalue weighted by Gasteiger charge is -2.26. The van der Waals surface area contributed by atoms with Crippen molar-refractivity contribution >= 4 is 17.0 Å². The number of para-hydroxylation sites is 1. The Morgan fingerprint density at radius 1 is 1.21 bits per heavy atom. The zero-order valence-electron chi connectivity index (χ0n) is 11.3. The highest BCUT2D eigenvalue weighted by Crippen LogP contribution is 2.35. The summed E-state index contributed by atoms with van der Waals surface area (Å²) < 4.78 is 0. The predicted octanol–water partition coefficient (Wildman–Crippen LogP) is 3.64. The minimum atomic E-state index is 0.736. The number of nitrogens with zero attached hydrogens (tertiary/aromatic N) is 1. The van der Waals surface area contributed by atoms with Gasteiger partial charge in [0.25, 0.3) is 0 Å². The molecule has 3 heteroatoms. The van der Waals surface area contributed by atoms with Crippen LogP contribution < -0.4 is 10.2 Å². The minimum Gasteiger partial charge on any atom is -0.363 e. The molecule has 0 aliphatic heterocycles. The van der Waals surface area contributed by atoms with Crippen molar-refractivity contribution in [3.63, 3.8) is 0 Å². The van der Waals surface area contributed by atoms with Gasteiger partial charge in [-0.25, -0.2) is 0 Å². The number of rotatable bonds is 6. The zero-order chi connectivity index (χ0) is 13.1. The van der Waals surface area contributed by atoms with E-state index in [1.807, 2.05) is 18.4 Å². The summed E-state index contributed by atoms with van der Waals surface area (Å²) in [5.74, 6) is 0. The molecule has 1 aliphatic rings. The third kappa shape index (κ3) is 2.99. The first-order valence-corrected chi connectivity index (χ1v) is 7.78. The van der Waals surface area contributed by atoms with E-state index in [2.05, 4.69) is 52.0 Å². The van der Waals surface area contributed by atoms with Crippen molar-refractivity contribution < 1.29 is 0 Å². The fraction of sp³-hybridized carbons (Fsp3) is 0.375. The van der Waals surface area contributed by atoms with E-state index in [1.54, 1.807) is 0 Å². The van der Waals surface area contributed by atoms with Crippen LogP contribution in [0.3, 0.4) is 0 Å². The van der Waals surface area contributed by atoms with E-state index in [9.17, 15) is 0 Å². The Balaban J connectivity index is 1.87. The van der Waals surface area contributed by atoms with Gasteiger partial charge < -0.3 is 10.2 Å². The molecule has 1 heterocycles. The molecule has 1 aromatic carbocycles. The molecule has 0 atom stereocenters. The number of anilines is 1. The van der Waals surface area contributed by atoms with Crippen molar-refractivity contribution in [1.82, 2.24) is 5.32 Å². The maximum absolute atomic E-state index is 3.27. The van der Waals surface area contributed by atoms with Crippen LogP contribution in [-0.2, 0) is 13.1 Å². The van der Waals surface area contributed by atoms with Crippen LogP contribution in [0.25, 0.3) is 0 Å². The Labute approximate surface area is 119 Å². The normalized spacial score (nSPS) is 14.6. The lowest BCUT2D eigenvalue weighted by Crippen LogP contribution is -2.26. The van der Waals surface area contributed by atoms with Gasteiger partial charge in [-0.05, 0) is 43.0 Å². The molecule has 1 aromatic heterocycles. The van der Waals surface area contributed by atoms with Gasteiger partial charge in [0.1, 0.15) is 0 Å². The average Bonchev–Trinajstić information content (AvgIpc) is 3.15. The van der Waals surface area contributed by atoms with Crippen LogP contribution in [0.15, 0.2) is 41.8 Å². The van der Waals surface area contributed by atoms with E-state index in [1.165, 1.54) is 29.0 Å². The van der Waals surface area contributed by atoms with Gasteiger partial charge in [0.2, 0.25) is 0 Å². The van der Waals surface area contributed by atoms with Crippen LogP contribution in [0, 0.1) is 0 Å². The maximum atomic E-state index is 3.27. The van der Waals surface area contributed by atoms with Gasteiger partial charge in [0, 0.05) is 23.2 Å². The number of benzene rings is 1. The quantitative estimate of drug-likeness (QED) is 0.863. The highest BCUT2D eigenvalue weighted by molar-refractivity contribution is 7.09. The van der Waals surface area contributed by atoms with E-state index in [0.717, 1.165) is 19.1 Å². The summed E-state index contributed by atoms with van der Waals surface area (Å²) in [6.07, 6.45) is 2.67. The van der Waals surface area contributed by atoms with Crippen LogP contribution in [0.2, 0.25) is 0 Å². The second-order valence-corrected chi connectivity index (χ2v) is 6.13. The summed E-state index contributed by atoms with van der Waals surface area (Å²) in [5, 5.41) is 5.44. The molecule has 0 spiro atoms. The Morgan fingerprint density at radius 3 is 2.74 bits per heavy atom. The summed E-state index contributed by atoms with van der Waals surface area (Å²) in [7, 11) is 2.01. The lowest BCUT2D eigenvalue weighted by atomic mass is 10.1. The van der Waals surface area contributed by atoms with Crippen molar-refractivity contribution in [2.24, 2.45) is 0 Å². The number of thiophene rings is 1. The summed E-state index contributed by atoms with van der Waals surface area (Å²) in [6, 6.07) is 13.9. The number of hydrogen-bond acceptors (Lipinski definition) is 3. The molecule has 0 saturated heterocycles. The summed E-state index contributed by atoms with van der Waals surface area (Å²) in [6.45, 7) is 1.98. The Bertz CT molecular complexity index is 517. The maximum Gasteiger partial charge on any atom is 0.0526 e. The van der Waals surface area contributed by atoms with Crippen molar-refractivity contribution in [2.45, 2.75) is 32.0 Å². The van der Waals surface area contributed by atoms with Gasteiger partial charge in [-0.3, -0.25) is 0 Å². The van der Waals surface area contributed by atoms with Crippen molar-refractivity contribution in [3.8, 4) is 0 Å². The molecule has 0 amide bonds. The van der Waals surface area contributed by atoms with Crippen LogP contribution in [0.1, 0.15) is 23.3 Å². The van der Waals surface area contributed by atoms with Crippen molar-refractivity contribution in [1.29, 1.82) is 0 Å². The molecular weight excluding hydrogens is 252 g/mol. The fourth-order valence-electron chi connectivity index (χ4n) is 2.50. The van der Waals surface area contributed by atoms with E-state index >= 15 is 0 Å². The van der Waals surface area contributed by atoms with Crippen LogP contribution in [-0.4, -0.2) is 13.1 Å². The van der Waals surface area contributed by atoms with Gasteiger partial charge >= 0.3 is 0 Å². The zero-order valence-corrected chi connectivity index (χ0v) is 12.1. The third-order valence-corrected chi connectivity index (χ3v) is 4.42. The fourth-order valence-corrected chi connectivity index (χ4v) is 3.20. The first-order valence-electron chi connectivity index (χ1n) is 6.90. The van der Waals surface area contributed by atoms with Gasteiger partial charge in [0.05, 0.1) is 6.54 Å². The van der Waals surface area contributed by atoms with E-state index < -0.39 is 0 Å². The first kappa shape index (κ1) is 12.7. The molecule has 0 unspecified atom stereocenters. The second-order valence-electron chi connectivity index (χ2n) is 5.10. The molecule has 19 heavy (non-hydrogen) atoms. The third-order valence-electron chi connectivity index (χ3n) is 3.56. The highest BCUT2D eigenvalue weighted by atomic mass is 32.1. The van der Waals surface area contributed by atoms with Gasteiger partial charge in [-0.15, -0.1) is 11.3 Å². The van der Waals surface area contributed by atoms with Gasteiger partial charge in [-0.2, -0.15) is 0 Å². The molecular formula is C16H20N2S. The Morgan fingerprint density at radius 2 is 2.05 bits per heavy atom. The summed E-state index contributed by atoms with van der Waals surface area (Å²) in [5.41, 5.74) is 2.79. The molecule has 2 aromatic rings. The molecule has 1 saturated carbocycles. The standard InChI is InChI=1S/C16H20N2S/c1-17-11-13-5-2-3-7-16(13)18(14-8-9-14)12-15-6-4-10-19-15/h2-7,10,14,17H,8-9,11-12H2,1H3. The van der Waals surface area contributed by atoms with Crippen molar-refractivity contribution in [3.05, 3.63) is 52.2 Å². The Hall–Kier alpha value is -1.32. The molecule has 3 rings (SSSR count). The Kier molecular flexibility index (Phi) is 3.85. The monoisotopic (exact) mass is 272 g/mol. The molecule has 0 radical (unpaired) electrons. The average molecular weight is 272 g/mol.